The number of carbonyl (C=O) groups is 1. The van der Waals surface area contributed by atoms with Gasteiger partial charge in [0.25, 0.3) is 15.9 Å². The highest BCUT2D eigenvalue weighted by Crippen LogP contribution is 2.32. The smallest absolute Gasteiger partial charge is 0.267 e. The van der Waals surface area contributed by atoms with Crippen molar-refractivity contribution in [2.45, 2.75) is 18.4 Å². The lowest BCUT2D eigenvalue weighted by Gasteiger charge is -2.26. The number of rotatable bonds is 8. The van der Waals surface area contributed by atoms with Crippen LogP contribution in [0.5, 0.6) is 0 Å². The summed E-state index contributed by atoms with van der Waals surface area (Å²) < 4.78 is 28.6. The molecular weight excluding hydrogens is 565 g/mol. The van der Waals surface area contributed by atoms with Gasteiger partial charge in [0.15, 0.2) is 0 Å². The van der Waals surface area contributed by atoms with Crippen molar-refractivity contribution >= 4 is 62.6 Å². The SMILES string of the molecule is Cc1c(Cl)cccc1N(Cc1ccc(C(=O)N/N=C\c2c(Cl)cccc2Cl)cc1)S(=O)(=O)c1ccccc1. The van der Waals surface area contributed by atoms with Gasteiger partial charge in [-0.1, -0.05) is 77.3 Å². The number of benzene rings is 4. The van der Waals surface area contributed by atoms with Crippen LogP contribution in [0.3, 0.4) is 0 Å². The molecule has 0 fully saturated rings. The molecule has 0 unspecified atom stereocenters. The quantitative estimate of drug-likeness (QED) is 0.176. The van der Waals surface area contributed by atoms with Crippen molar-refractivity contribution in [3.63, 3.8) is 0 Å². The molecule has 0 aromatic heterocycles. The number of hydrogen-bond acceptors (Lipinski definition) is 4. The Hall–Kier alpha value is -3.36. The van der Waals surface area contributed by atoms with Crippen LogP contribution in [0, 0.1) is 6.92 Å². The molecule has 6 nitrogen and oxygen atoms in total. The van der Waals surface area contributed by atoms with Gasteiger partial charge in [-0.2, -0.15) is 5.10 Å². The maximum Gasteiger partial charge on any atom is 0.271 e. The van der Waals surface area contributed by atoms with E-state index in [0.29, 0.717) is 43.0 Å². The van der Waals surface area contributed by atoms with Crippen molar-refractivity contribution in [3.05, 3.63) is 128 Å². The number of nitrogens with zero attached hydrogens (tertiary/aromatic N) is 2. The zero-order valence-corrected chi connectivity index (χ0v) is 23.2. The van der Waals surface area contributed by atoms with Gasteiger partial charge in [0, 0.05) is 16.1 Å². The van der Waals surface area contributed by atoms with Crippen molar-refractivity contribution in [2.24, 2.45) is 5.10 Å². The molecule has 0 radical (unpaired) electrons. The molecule has 0 saturated heterocycles. The standard InChI is InChI=1S/C28H22Cl3N3O3S/c1-19-24(29)9-6-12-27(19)34(38(36,37)22-7-3-2-4-8-22)18-20-13-15-21(16-14-20)28(35)33-32-17-23-25(30)10-5-11-26(23)31/h2-17H,18H2,1H3,(H,33,35)/b32-17-. The van der Waals surface area contributed by atoms with Gasteiger partial charge in [0.05, 0.1) is 33.4 Å². The van der Waals surface area contributed by atoms with Crippen molar-refractivity contribution in [3.8, 4) is 0 Å². The van der Waals surface area contributed by atoms with Gasteiger partial charge in [-0.3, -0.25) is 9.10 Å². The first kappa shape index (κ1) is 27.7. The Labute approximate surface area is 236 Å². The summed E-state index contributed by atoms with van der Waals surface area (Å²) in [5.74, 6) is -0.449. The van der Waals surface area contributed by atoms with Gasteiger partial charge in [-0.15, -0.1) is 0 Å². The highest BCUT2D eigenvalue weighted by Gasteiger charge is 2.27. The molecule has 194 valence electrons. The van der Waals surface area contributed by atoms with E-state index in [0.717, 1.165) is 0 Å². The molecule has 0 spiro atoms. The third-order valence-corrected chi connectivity index (χ3v) is 8.58. The molecule has 0 aliphatic heterocycles. The van der Waals surface area contributed by atoms with Crippen LogP contribution in [0.1, 0.15) is 27.0 Å². The minimum atomic E-state index is -3.91. The Morgan fingerprint density at radius 1 is 0.842 bits per heavy atom. The van der Waals surface area contributed by atoms with Crippen molar-refractivity contribution < 1.29 is 13.2 Å². The van der Waals surface area contributed by atoms with Crippen LogP contribution in [0.25, 0.3) is 0 Å². The summed E-state index contributed by atoms with van der Waals surface area (Å²) in [6, 6.07) is 25.0. The fourth-order valence-electron chi connectivity index (χ4n) is 3.67. The second kappa shape index (κ2) is 12.0. The number of hydrazone groups is 1. The minimum absolute atomic E-state index is 0.0312. The fourth-order valence-corrected chi connectivity index (χ4v) is 5.86. The number of anilines is 1. The third kappa shape index (κ3) is 6.19. The zero-order valence-electron chi connectivity index (χ0n) is 20.1. The molecular formula is C28H22Cl3N3O3S. The number of amides is 1. The predicted octanol–water partition coefficient (Wildman–Crippen LogP) is 7.11. The largest absolute Gasteiger partial charge is 0.271 e. The lowest BCUT2D eigenvalue weighted by atomic mass is 10.1. The van der Waals surface area contributed by atoms with Gasteiger partial charge in [0.1, 0.15) is 0 Å². The average Bonchev–Trinajstić information content (AvgIpc) is 2.91. The van der Waals surface area contributed by atoms with Crippen LogP contribution in [0.2, 0.25) is 15.1 Å². The minimum Gasteiger partial charge on any atom is -0.267 e. The summed E-state index contributed by atoms with van der Waals surface area (Å²) in [7, 11) is -3.91. The predicted molar refractivity (Wildman–Crippen MR) is 154 cm³/mol. The molecule has 0 atom stereocenters. The molecule has 1 N–H and O–H groups in total. The Morgan fingerprint density at radius 3 is 2.11 bits per heavy atom. The first-order valence-electron chi connectivity index (χ1n) is 11.4. The summed E-state index contributed by atoms with van der Waals surface area (Å²) in [4.78, 5) is 12.7. The van der Waals surface area contributed by atoms with E-state index in [-0.39, 0.29) is 11.4 Å². The summed E-state index contributed by atoms with van der Waals surface area (Å²) >= 11 is 18.5. The Morgan fingerprint density at radius 2 is 1.45 bits per heavy atom. The molecule has 4 rings (SSSR count). The van der Waals surface area contributed by atoms with E-state index in [1.165, 1.54) is 10.5 Å². The van der Waals surface area contributed by atoms with Crippen molar-refractivity contribution in [1.82, 2.24) is 5.43 Å². The molecule has 0 saturated carbocycles. The second-order valence-electron chi connectivity index (χ2n) is 8.24. The normalized spacial score (nSPS) is 11.5. The zero-order chi connectivity index (χ0) is 27.3. The number of carbonyl (C=O) groups excluding carboxylic acids is 1. The van der Waals surface area contributed by atoms with Gasteiger partial charge < -0.3 is 0 Å². The molecule has 4 aromatic carbocycles. The molecule has 1 amide bonds. The van der Waals surface area contributed by atoms with Gasteiger partial charge in [-0.05, 0) is 66.6 Å². The van der Waals surface area contributed by atoms with Gasteiger partial charge in [-0.25, -0.2) is 13.8 Å². The van der Waals surface area contributed by atoms with Gasteiger partial charge >= 0.3 is 0 Å². The molecule has 10 heteroatoms. The van der Waals surface area contributed by atoms with Crippen molar-refractivity contribution in [2.75, 3.05) is 4.31 Å². The Balaban J connectivity index is 1.56. The monoisotopic (exact) mass is 585 g/mol. The van der Waals surface area contributed by atoms with E-state index in [2.05, 4.69) is 10.5 Å². The average molecular weight is 587 g/mol. The maximum atomic E-state index is 13.6. The highest BCUT2D eigenvalue weighted by atomic mass is 35.5. The van der Waals surface area contributed by atoms with Crippen LogP contribution >= 0.6 is 34.8 Å². The molecule has 0 heterocycles. The van der Waals surface area contributed by atoms with Crippen molar-refractivity contribution in [1.29, 1.82) is 0 Å². The molecule has 38 heavy (non-hydrogen) atoms. The number of sulfonamides is 1. The van der Waals surface area contributed by atoms with Crippen LogP contribution < -0.4 is 9.73 Å². The van der Waals surface area contributed by atoms with E-state index in [1.54, 1.807) is 97.9 Å². The number of halogens is 3. The lowest BCUT2D eigenvalue weighted by Crippen LogP contribution is -2.31. The van der Waals surface area contributed by atoms with E-state index >= 15 is 0 Å². The third-order valence-electron chi connectivity index (χ3n) is 5.74. The Kier molecular flexibility index (Phi) is 8.74. The van der Waals surface area contributed by atoms with Gasteiger partial charge in [0.2, 0.25) is 0 Å². The van der Waals surface area contributed by atoms with E-state index in [4.69, 9.17) is 34.8 Å². The Bertz CT molecular complexity index is 1570. The number of nitrogens with one attached hydrogen (secondary N) is 1. The van der Waals surface area contributed by atoms with E-state index in [9.17, 15) is 13.2 Å². The first-order valence-corrected chi connectivity index (χ1v) is 13.9. The number of hydrogen-bond donors (Lipinski definition) is 1. The summed E-state index contributed by atoms with van der Waals surface area (Å²) in [5, 5.41) is 5.21. The lowest BCUT2D eigenvalue weighted by molar-refractivity contribution is 0.0955. The van der Waals surface area contributed by atoms with E-state index in [1.807, 2.05) is 0 Å². The molecule has 0 aliphatic carbocycles. The first-order chi connectivity index (χ1) is 18.2. The van der Waals surface area contributed by atoms with Crippen LogP contribution in [0.4, 0.5) is 5.69 Å². The van der Waals surface area contributed by atoms with Crippen LogP contribution in [0.15, 0.2) is 101 Å². The maximum absolute atomic E-state index is 13.6. The topological polar surface area (TPSA) is 78.8 Å². The summed E-state index contributed by atoms with van der Waals surface area (Å²) in [6.45, 7) is 1.80. The van der Waals surface area contributed by atoms with E-state index < -0.39 is 15.9 Å². The fraction of sp³-hybridized carbons (Fsp3) is 0.0714. The summed E-state index contributed by atoms with van der Waals surface area (Å²) in [6.07, 6.45) is 1.37. The molecule has 0 bridgehead atoms. The molecule has 0 aliphatic rings. The van der Waals surface area contributed by atoms with Crippen LogP contribution in [-0.2, 0) is 16.6 Å². The molecule has 4 aromatic rings. The highest BCUT2D eigenvalue weighted by molar-refractivity contribution is 7.92. The van der Waals surface area contributed by atoms with Crippen LogP contribution in [-0.4, -0.2) is 20.5 Å². The second-order valence-corrected chi connectivity index (χ2v) is 11.3. The summed E-state index contributed by atoms with van der Waals surface area (Å²) in [5.41, 5.74) is 5.05.